The van der Waals surface area contributed by atoms with Crippen LogP contribution in [0.2, 0.25) is 5.02 Å². The molecular weight excluding hydrogens is 400 g/mol. The molecule has 0 spiro atoms. The second-order valence-electron chi connectivity index (χ2n) is 7.13. The Hall–Kier alpha value is -2.45. The molecule has 0 bridgehead atoms. The number of rotatable bonds is 7. The fourth-order valence-electron chi connectivity index (χ4n) is 2.63. The van der Waals surface area contributed by atoms with Gasteiger partial charge in [0, 0.05) is 18.1 Å². The number of halogens is 1. The van der Waals surface area contributed by atoms with E-state index in [9.17, 15) is 4.79 Å². The number of hydrogen-bond donors (Lipinski definition) is 1. The fraction of sp³-hybridized carbons (Fsp3) is 0.368. The first-order valence-corrected chi connectivity index (χ1v) is 9.80. The van der Waals surface area contributed by atoms with Crippen molar-refractivity contribution in [1.82, 2.24) is 9.36 Å². The van der Waals surface area contributed by atoms with Crippen LogP contribution >= 0.6 is 23.1 Å². The van der Waals surface area contributed by atoms with Crippen LogP contribution in [0.5, 0.6) is 0 Å². The fourth-order valence-corrected chi connectivity index (χ4v) is 3.58. The van der Waals surface area contributed by atoms with E-state index in [2.05, 4.69) is 19.8 Å². The lowest BCUT2D eigenvalue weighted by atomic mass is 9.91. The molecule has 0 atom stereocenters. The lowest BCUT2D eigenvalue weighted by Crippen LogP contribution is -2.17. The van der Waals surface area contributed by atoms with Crippen LogP contribution in [-0.2, 0) is 22.5 Å². The first-order valence-electron chi connectivity index (χ1n) is 8.65. The van der Waals surface area contributed by atoms with Gasteiger partial charge in [-0.1, -0.05) is 36.7 Å². The summed E-state index contributed by atoms with van der Waals surface area (Å²) in [5, 5.41) is 7.67. The SMILES string of the molecule is CON=CC(C)(C)Cc1nc2cc(CC(=O)Nc3snc(C)c3Cl)ccc2o1. The Morgan fingerprint density at radius 2 is 2.25 bits per heavy atom. The van der Waals surface area contributed by atoms with Crippen LogP contribution in [0.3, 0.4) is 0 Å². The summed E-state index contributed by atoms with van der Waals surface area (Å²) in [4.78, 5) is 21.6. The monoisotopic (exact) mass is 420 g/mol. The van der Waals surface area contributed by atoms with E-state index < -0.39 is 0 Å². The molecule has 2 aromatic heterocycles. The second-order valence-corrected chi connectivity index (χ2v) is 8.28. The third-order valence-electron chi connectivity index (χ3n) is 4.02. The van der Waals surface area contributed by atoms with Crippen LogP contribution in [0.1, 0.15) is 31.0 Å². The second kappa shape index (κ2) is 8.28. The van der Waals surface area contributed by atoms with Gasteiger partial charge in [0.1, 0.15) is 17.6 Å². The Morgan fingerprint density at radius 1 is 1.46 bits per heavy atom. The number of carbonyl (C=O) groups excluding carboxylic acids is 1. The number of carbonyl (C=O) groups is 1. The first kappa shape index (κ1) is 20.3. The molecule has 0 fully saturated rings. The maximum Gasteiger partial charge on any atom is 0.229 e. The molecule has 28 heavy (non-hydrogen) atoms. The van der Waals surface area contributed by atoms with Crippen molar-refractivity contribution in [2.75, 3.05) is 12.4 Å². The minimum Gasteiger partial charge on any atom is -0.441 e. The first-order chi connectivity index (χ1) is 13.3. The summed E-state index contributed by atoms with van der Waals surface area (Å²) < 4.78 is 9.94. The van der Waals surface area contributed by atoms with E-state index in [1.54, 1.807) is 13.1 Å². The number of nitrogens with zero attached hydrogens (tertiary/aromatic N) is 3. The molecule has 0 aliphatic heterocycles. The van der Waals surface area contributed by atoms with Gasteiger partial charge in [-0.2, -0.15) is 4.37 Å². The molecule has 0 radical (unpaired) electrons. The summed E-state index contributed by atoms with van der Waals surface area (Å²) in [5.74, 6) is 0.446. The van der Waals surface area contributed by atoms with Crippen molar-refractivity contribution >= 4 is 51.4 Å². The van der Waals surface area contributed by atoms with Crippen molar-refractivity contribution < 1.29 is 14.0 Å². The molecule has 3 rings (SSSR count). The Balaban J connectivity index is 1.71. The number of amides is 1. The average molecular weight is 421 g/mol. The Morgan fingerprint density at radius 3 is 2.93 bits per heavy atom. The standard InChI is InChI=1S/C19H21ClN4O3S/c1-11-17(20)18(28-24-11)23-15(25)8-12-5-6-14-13(7-12)22-16(27-14)9-19(2,3)10-21-26-4/h5-7,10H,8-9H2,1-4H3,(H,23,25). The molecule has 1 aromatic carbocycles. The molecule has 9 heteroatoms. The quantitative estimate of drug-likeness (QED) is 0.444. The molecule has 0 saturated carbocycles. The van der Waals surface area contributed by atoms with Crippen molar-refractivity contribution in [3.05, 3.63) is 40.4 Å². The molecule has 3 aromatic rings. The van der Waals surface area contributed by atoms with E-state index in [-0.39, 0.29) is 17.7 Å². The van der Waals surface area contributed by atoms with Crippen molar-refractivity contribution in [2.24, 2.45) is 10.6 Å². The van der Waals surface area contributed by atoms with Gasteiger partial charge in [0.25, 0.3) is 0 Å². The summed E-state index contributed by atoms with van der Waals surface area (Å²) in [5.41, 5.74) is 2.68. The number of oxazole rings is 1. The maximum atomic E-state index is 12.3. The highest BCUT2D eigenvalue weighted by molar-refractivity contribution is 7.11. The van der Waals surface area contributed by atoms with Crippen LogP contribution in [0, 0.1) is 12.3 Å². The molecule has 0 unspecified atom stereocenters. The van der Waals surface area contributed by atoms with E-state index in [1.807, 2.05) is 32.0 Å². The number of aromatic nitrogens is 2. The number of hydrogen-bond acceptors (Lipinski definition) is 7. The molecule has 148 valence electrons. The summed E-state index contributed by atoms with van der Waals surface area (Å²) in [6.45, 7) is 5.84. The van der Waals surface area contributed by atoms with Gasteiger partial charge in [0.15, 0.2) is 11.5 Å². The number of benzene rings is 1. The highest BCUT2D eigenvalue weighted by Gasteiger charge is 2.20. The predicted molar refractivity (Wildman–Crippen MR) is 111 cm³/mol. The molecule has 1 N–H and O–H groups in total. The van der Waals surface area contributed by atoms with Crippen LogP contribution in [0.25, 0.3) is 11.1 Å². The van der Waals surface area contributed by atoms with Gasteiger partial charge in [-0.3, -0.25) is 4.79 Å². The van der Waals surface area contributed by atoms with E-state index in [0.29, 0.717) is 39.1 Å². The Kier molecular flexibility index (Phi) is 6.00. The van der Waals surface area contributed by atoms with Crippen molar-refractivity contribution in [3.63, 3.8) is 0 Å². The summed E-state index contributed by atoms with van der Waals surface area (Å²) >= 11 is 7.29. The van der Waals surface area contributed by atoms with E-state index in [4.69, 9.17) is 20.9 Å². The molecular formula is C19H21ClN4O3S. The van der Waals surface area contributed by atoms with Crippen molar-refractivity contribution in [3.8, 4) is 0 Å². The minimum atomic E-state index is -0.258. The maximum absolute atomic E-state index is 12.3. The lowest BCUT2D eigenvalue weighted by molar-refractivity contribution is -0.115. The molecule has 0 aliphatic carbocycles. The van der Waals surface area contributed by atoms with Gasteiger partial charge in [0.05, 0.1) is 17.1 Å². The number of aryl methyl sites for hydroxylation is 1. The van der Waals surface area contributed by atoms with Crippen LogP contribution < -0.4 is 5.32 Å². The summed E-state index contributed by atoms with van der Waals surface area (Å²) in [7, 11) is 1.51. The summed E-state index contributed by atoms with van der Waals surface area (Å²) in [6.07, 6.45) is 2.51. The predicted octanol–water partition coefficient (Wildman–Crippen LogP) is 4.63. The normalized spacial score (nSPS) is 12.0. The van der Waals surface area contributed by atoms with Crippen LogP contribution in [0.15, 0.2) is 27.8 Å². The van der Waals surface area contributed by atoms with Gasteiger partial charge in [-0.25, -0.2) is 4.98 Å². The van der Waals surface area contributed by atoms with Gasteiger partial charge in [0.2, 0.25) is 5.91 Å². The van der Waals surface area contributed by atoms with Crippen molar-refractivity contribution in [2.45, 2.75) is 33.6 Å². The molecule has 1 amide bonds. The van der Waals surface area contributed by atoms with Crippen molar-refractivity contribution in [1.29, 1.82) is 0 Å². The highest BCUT2D eigenvalue weighted by Crippen LogP contribution is 2.29. The highest BCUT2D eigenvalue weighted by atomic mass is 35.5. The van der Waals surface area contributed by atoms with Gasteiger partial charge in [-0.15, -0.1) is 0 Å². The third kappa shape index (κ3) is 4.88. The zero-order chi connectivity index (χ0) is 20.3. The minimum absolute atomic E-state index is 0.162. The number of nitrogens with one attached hydrogen (secondary N) is 1. The van der Waals surface area contributed by atoms with Gasteiger partial charge in [-0.05, 0) is 36.2 Å². The van der Waals surface area contributed by atoms with E-state index in [0.717, 1.165) is 5.56 Å². The molecule has 7 nitrogen and oxygen atoms in total. The van der Waals surface area contributed by atoms with Crippen LogP contribution in [-0.4, -0.2) is 28.6 Å². The Labute approximate surface area is 171 Å². The molecule has 0 aliphatic rings. The number of anilines is 1. The van der Waals surface area contributed by atoms with Gasteiger partial charge < -0.3 is 14.6 Å². The van der Waals surface area contributed by atoms with E-state index in [1.165, 1.54) is 18.6 Å². The number of fused-ring (bicyclic) bond motifs is 1. The topological polar surface area (TPSA) is 89.6 Å². The Bertz CT molecular complexity index is 1030. The third-order valence-corrected chi connectivity index (χ3v) is 5.45. The lowest BCUT2D eigenvalue weighted by Gasteiger charge is -2.15. The zero-order valence-electron chi connectivity index (χ0n) is 16.1. The molecule has 0 saturated heterocycles. The smallest absolute Gasteiger partial charge is 0.229 e. The largest absolute Gasteiger partial charge is 0.441 e. The molecule has 2 heterocycles. The van der Waals surface area contributed by atoms with Gasteiger partial charge >= 0.3 is 0 Å². The van der Waals surface area contributed by atoms with E-state index >= 15 is 0 Å². The van der Waals surface area contributed by atoms with Crippen LogP contribution in [0.4, 0.5) is 5.00 Å². The zero-order valence-corrected chi connectivity index (χ0v) is 17.6. The average Bonchev–Trinajstić information content (AvgIpc) is 3.16. The number of oxime groups is 1. The summed E-state index contributed by atoms with van der Waals surface area (Å²) in [6, 6.07) is 5.54.